The van der Waals surface area contributed by atoms with E-state index in [0.29, 0.717) is 6.04 Å². The molecule has 2 heteroatoms. The molecule has 0 aromatic heterocycles. The molecule has 9 heavy (non-hydrogen) atoms. The van der Waals surface area contributed by atoms with E-state index in [9.17, 15) is 0 Å². The van der Waals surface area contributed by atoms with Gasteiger partial charge in [0.15, 0.2) is 0 Å². The van der Waals surface area contributed by atoms with Gasteiger partial charge in [-0.05, 0) is 26.8 Å². The first-order valence-electron chi connectivity index (χ1n) is 2.98. The lowest BCUT2D eigenvalue weighted by Crippen LogP contribution is -1.86. The minimum Gasteiger partial charge on any atom is -0.290 e. The Morgan fingerprint density at radius 1 is 1.56 bits per heavy atom. The number of hydrogen-bond donors (Lipinski definition) is 0. The molecule has 0 saturated heterocycles. The van der Waals surface area contributed by atoms with Crippen LogP contribution in [0.2, 0.25) is 0 Å². The Hall–Kier alpha value is -0.300. The maximum absolute atomic E-state index is 5.53. The molecule has 0 bridgehead atoms. The molecule has 0 aromatic carbocycles. The largest absolute Gasteiger partial charge is 0.290 e. The molecule has 0 rings (SSSR count). The first kappa shape index (κ1) is 8.70. The normalized spacial score (nSPS) is 13.7. The lowest BCUT2D eigenvalue weighted by Gasteiger charge is -1.89. The van der Waals surface area contributed by atoms with Crippen molar-refractivity contribution in [3.63, 3.8) is 0 Å². The highest BCUT2D eigenvalue weighted by Gasteiger charge is 1.80. The molecular formula is C7H12ClN. The van der Waals surface area contributed by atoms with E-state index in [1.807, 2.05) is 20.8 Å². The number of rotatable bonds is 2. The number of nitrogens with zero attached hydrogens (tertiary/aromatic N) is 1. The van der Waals surface area contributed by atoms with Crippen molar-refractivity contribution in [1.29, 1.82) is 0 Å². The van der Waals surface area contributed by atoms with Crippen molar-refractivity contribution in [3.8, 4) is 0 Å². The van der Waals surface area contributed by atoms with Gasteiger partial charge in [-0.1, -0.05) is 11.6 Å². The zero-order valence-electron chi connectivity index (χ0n) is 6.06. The Morgan fingerprint density at radius 2 is 2.11 bits per heavy atom. The Balaban J connectivity index is 3.60. The van der Waals surface area contributed by atoms with Gasteiger partial charge in [-0.2, -0.15) is 0 Å². The van der Waals surface area contributed by atoms with Crippen molar-refractivity contribution in [1.82, 2.24) is 0 Å². The minimum atomic E-state index is 0.359. The van der Waals surface area contributed by atoms with Gasteiger partial charge in [-0.15, -0.1) is 0 Å². The molecule has 0 radical (unpaired) electrons. The van der Waals surface area contributed by atoms with Crippen LogP contribution in [-0.2, 0) is 0 Å². The van der Waals surface area contributed by atoms with Crippen LogP contribution in [0, 0.1) is 0 Å². The van der Waals surface area contributed by atoms with Crippen molar-refractivity contribution < 1.29 is 0 Å². The summed E-state index contributed by atoms with van der Waals surface area (Å²) in [6.07, 6.45) is 3.51. The Labute approximate surface area is 61.4 Å². The van der Waals surface area contributed by atoms with E-state index < -0.39 is 0 Å². The minimum absolute atomic E-state index is 0.359. The molecule has 0 aliphatic rings. The number of allylic oxidation sites excluding steroid dienone is 2. The first-order chi connectivity index (χ1) is 4.13. The third-order valence-electron chi connectivity index (χ3n) is 0.688. The van der Waals surface area contributed by atoms with Gasteiger partial charge in [0.05, 0.1) is 0 Å². The highest BCUT2D eigenvalue weighted by Crippen LogP contribution is 1.95. The second kappa shape index (κ2) is 4.57. The quantitative estimate of drug-likeness (QED) is 0.530. The van der Waals surface area contributed by atoms with Crippen LogP contribution < -0.4 is 0 Å². The predicted molar refractivity (Wildman–Crippen MR) is 43.2 cm³/mol. The summed E-state index contributed by atoms with van der Waals surface area (Å²) in [6.45, 7) is 5.87. The van der Waals surface area contributed by atoms with E-state index in [-0.39, 0.29) is 0 Å². The van der Waals surface area contributed by atoms with E-state index in [4.69, 9.17) is 11.6 Å². The zero-order chi connectivity index (χ0) is 7.28. The lowest BCUT2D eigenvalue weighted by atomic mass is 10.4. The summed E-state index contributed by atoms with van der Waals surface area (Å²) in [4.78, 5) is 4.08. The first-order valence-corrected chi connectivity index (χ1v) is 3.36. The fourth-order valence-electron chi connectivity index (χ4n) is 0.318. The molecule has 0 unspecified atom stereocenters. The molecule has 0 saturated carbocycles. The fraction of sp³-hybridized carbons (Fsp3) is 0.571. The molecule has 0 aromatic rings. The van der Waals surface area contributed by atoms with Crippen LogP contribution in [0.25, 0.3) is 0 Å². The third-order valence-corrected chi connectivity index (χ3v) is 0.814. The van der Waals surface area contributed by atoms with Gasteiger partial charge in [-0.3, -0.25) is 4.99 Å². The highest BCUT2D eigenvalue weighted by molar-refractivity contribution is 6.30. The van der Waals surface area contributed by atoms with E-state index in [1.165, 1.54) is 0 Å². The van der Waals surface area contributed by atoms with Crippen molar-refractivity contribution in [2.45, 2.75) is 26.8 Å². The summed E-state index contributed by atoms with van der Waals surface area (Å²) in [7, 11) is 0. The Kier molecular flexibility index (Phi) is 4.41. The van der Waals surface area contributed by atoms with Crippen LogP contribution in [0.1, 0.15) is 20.8 Å². The molecule has 0 heterocycles. The second-order valence-corrected chi connectivity index (χ2v) is 2.74. The van der Waals surface area contributed by atoms with Gasteiger partial charge >= 0.3 is 0 Å². The summed E-state index contributed by atoms with van der Waals surface area (Å²) in [5, 5.41) is 0.763. The predicted octanol–water partition coefficient (Wildman–Crippen LogP) is 2.61. The van der Waals surface area contributed by atoms with Crippen LogP contribution in [0.15, 0.2) is 16.1 Å². The van der Waals surface area contributed by atoms with Crippen molar-refractivity contribution >= 4 is 17.8 Å². The molecule has 52 valence electrons. The molecule has 0 atom stereocenters. The van der Waals surface area contributed by atoms with Gasteiger partial charge in [0.2, 0.25) is 0 Å². The summed E-state index contributed by atoms with van der Waals surface area (Å²) in [6, 6.07) is 0.359. The second-order valence-electron chi connectivity index (χ2n) is 2.15. The molecule has 0 amide bonds. The SMILES string of the molecule is C/C(Cl)=C\C=N/C(C)C. The zero-order valence-corrected chi connectivity index (χ0v) is 6.81. The molecule has 0 aliphatic carbocycles. The highest BCUT2D eigenvalue weighted by atomic mass is 35.5. The maximum atomic E-state index is 5.53. The smallest absolute Gasteiger partial charge is 0.0443 e. The monoisotopic (exact) mass is 145 g/mol. The standard InChI is InChI=1S/C7H12ClN/c1-6(2)9-5-4-7(3)8/h4-6H,1-3H3/b7-4+,9-5-. The topological polar surface area (TPSA) is 12.4 Å². The van der Waals surface area contributed by atoms with Gasteiger partial charge < -0.3 is 0 Å². The molecular weight excluding hydrogens is 134 g/mol. The lowest BCUT2D eigenvalue weighted by molar-refractivity contribution is 0.842. The summed E-state index contributed by atoms with van der Waals surface area (Å²) < 4.78 is 0. The van der Waals surface area contributed by atoms with Crippen molar-refractivity contribution in [3.05, 3.63) is 11.1 Å². The van der Waals surface area contributed by atoms with E-state index in [0.717, 1.165) is 5.03 Å². The molecule has 0 aliphatic heterocycles. The summed E-state index contributed by atoms with van der Waals surface area (Å²) in [5.41, 5.74) is 0. The van der Waals surface area contributed by atoms with Crippen LogP contribution in [-0.4, -0.2) is 12.3 Å². The van der Waals surface area contributed by atoms with E-state index >= 15 is 0 Å². The Bertz CT molecular complexity index is 121. The third kappa shape index (κ3) is 7.70. The fourth-order valence-corrected chi connectivity index (χ4v) is 0.374. The van der Waals surface area contributed by atoms with Crippen molar-refractivity contribution in [2.24, 2.45) is 4.99 Å². The van der Waals surface area contributed by atoms with Crippen LogP contribution in [0.3, 0.4) is 0 Å². The molecule has 1 nitrogen and oxygen atoms in total. The van der Waals surface area contributed by atoms with Crippen LogP contribution >= 0.6 is 11.6 Å². The van der Waals surface area contributed by atoms with Gasteiger partial charge in [0.1, 0.15) is 0 Å². The average Bonchev–Trinajstić information content (AvgIpc) is 1.63. The summed E-state index contributed by atoms with van der Waals surface area (Å²) >= 11 is 5.53. The number of hydrogen-bond acceptors (Lipinski definition) is 1. The van der Waals surface area contributed by atoms with Gasteiger partial charge in [-0.25, -0.2) is 0 Å². The molecule has 0 spiro atoms. The van der Waals surface area contributed by atoms with E-state index in [1.54, 1.807) is 12.3 Å². The van der Waals surface area contributed by atoms with Gasteiger partial charge in [0, 0.05) is 17.3 Å². The van der Waals surface area contributed by atoms with E-state index in [2.05, 4.69) is 4.99 Å². The number of aliphatic imine (C=N–C) groups is 1. The summed E-state index contributed by atoms with van der Waals surface area (Å²) in [5.74, 6) is 0. The van der Waals surface area contributed by atoms with Crippen LogP contribution in [0.4, 0.5) is 0 Å². The number of halogens is 1. The average molecular weight is 146 g/mol. The Morgan fingerprint density at radius 3 is 2.44 bits per heavy atom. The van der Waals surface area contributed by atoms with Crippen LogP contribution in [0.5, 0.6) is 0 Å². The maximum Gasteiger partial charge on any atom is 0.0443 e. The molecule has 0 N–H and O–H groups in total. The van der Waals surface area contributed by atoms with Gasteiger partial charge in [0.25, 0.3) is 0 Å². The molecule has 0 fully saturated rings. The van der Waals surface area contributed by atoms with Crippen molar-refractivity contribution in [2.75, 3.05) is 0 Å².